The van der Waals surface area contributed by atoms with E-state index in [1.807, 2.05) is 59.4 Å². The van der Waals surface area contributed by atoms with Crippen molar-refractivity contribution in [1.29, 1.82) is 0 Å². The Balaban J connectivity index is 1.19. The maximum absolute atomic E-state index is 11.5. The number of sulfonamides is 1. The first-order valence-corrected chi connectivity index (χ1v) is 12.3. The third kappa shape index (κ3) is 4.57. The van der Waals surface area contributed by atoms with E-state index in [9.17, 15) is 8.42 Å². The van der Waals surface area contributed by atoms with E-state index in [0.717, 1.165) is 49.8 Å². The third-order valence-electron chi connectivity index (χ3n) is 6.02. The zero-order valence-corrected chi connectivity index (χ0v) is 18.2. The first-order chi connectivity index (χ1) is 14.9. The number of nitrogens with one attached hydrogen (secondary N) is 1. The molecule has 8 nitrogen and oxygen atoms in total. The number of anilines is 2. The van der Waals surface area contributed by atoms with Crippen LogP contribution < -0.4 is 9.62 Å². The highest BCUT2D eigenvalue weighted by atomic mass is 32.2. The van der Waals surface area contributed by atoms with Gasteiger partial charge in [-0.05, 0) is 42.2 Å². The van der Waals surface area contributed by atoms with Crippen molar-refractivity contribution in [3.63, 3.8) is 0 Å². The predicted octanol–water partition coefficient (Wildman–Crippen LogP) is 2.21. The fourth-order valence-electron chi connectivity index (χ4n) is 4.72. The van der Waals surface area contributed by atoms with Gasteiger partial charge in [-0.15, -0.1) is 5.10 Å². The van der Waals surface area contributed by atoms with Crippen molar-refractivity contribution in [2.45, 2.75) is 6.54 Å². The van der Waals surface area contributed by atoms with Gasteiger partial charge in [0.05, 0.1) is 29.5 Å². The Morgan fingerprint density at radius 1 is 0.968 bits per heavy atom. The molecule has 2 aliphatic heterocycles. The zero-order chi connectivity index (χ0) is 21.4. The molecular weight excluding hydrogens is 412 g/mol. The zero-order valence-electron chi connectivity index (χ0n) is 17.4. The van der Waals surface area contributed by atoms with Crippen LogP contribution in [0.3, 0.4) is 0 Å². The van der Waals surface area contributed by atoms with Gasteiger partial charge in [-0.2, -0.15) is 0 Å². The fraction of sp³-hybridized carbons (Fsp3) is 0.364. The topological polar surface area (TPSA) is 83.4 Å². The van der Waals surface area contributed by atoms with Gasteiger partial charge in [0.2, 0.25) is 10.0 Å². The monoisotopic (exact) mass is 438 g/mol. The second-order valence-electron chi connectivity index (χ2n) is 8.53. The Morgan fingerprint density at radius 2 is 1.68 bits per heavy atom. The van der Waals surface area contributed by atoms with Gasteiger partial charge in [0.15, 0.2) is 0 Å². The van der Waals surface area contributed by atoms with Gasteiger partial charge >= 0.3 is 0 Å². The van der Waals surface area contributed by atoms with Crippen molar-refractivity contribution in [1.82, 2.24) is 19.9 Å². The van der Waals surface area contributed by atoms with E-state index in [0.29, 0.717) is 17.5 Å². The van der Waals surface area contributed by atoms with Crippen molar-refractivity contribution in [2.75, 3.05) is 42.1 Å². The molecule has 162 valence electrons. The molecule has 2 unspecified atom stereocenters. The summed E-state index contributed by atoms with van der Waals surface area (Å²) in [6, 6.07) is 17.7. The summed E-state index contributed by atoms with van der Waals surface area (Å²) in [5, 5.41) is 8.63. The van der Waals surface area contributed by atoms with Crippen LogP contribution in [0.1, 0.15) is 5.69 Å². The van der Waals surface area contributed by atoms with Gasteiger partial charge in [0, 0.05) is 38.4 Å². The Hall–Kier alpha value is -2.91. The highest BCUT2D eigenvalue weighted by Gasteiger charge is 2.40. The fourth-order valence-corrected chi connectivity index (χ4v) is 5.27. The van der Waals surface area contributed by atoms with E-state index in [1.54, 1.807) is 6.07 Å². The molecule has 0 radical (unpaired) electrons. The average molecular weight is 439 g/mol. The van der Waals surface area contributed by atoms with Crippen LogP contribution in [0.2, 0.25) is 0 Å². The summed E-state index contributed by atoms with van der Waals surface area (Å²) in [6.45, 7) is 4.87. The Labute approximate surface area is 182 Å². The van der Waals surface area contributed by atoms with Crippen LogP contribution in [0.5, 0.6) is 0 Å². The van der Waals surface area contributed by atoms with Gasteiger partial charge < -0.3 is 4.90 Å². The number of fused-ring (bicyclic) bond motifs is 1. The molecule has 3 aromatic rings. The molecule has 2 atom stereocenters. The quantitative estimate of drug-likeness (QED) is 0.635. The molecule has 0 aliphatic carbocycles. The molecule has 5 rings (SSSR count). The van der Waals surface area contributed by atoms with Gasteiger partial charge in [-0.25, -0.2) is 13.1 Å². The SMILES string of the molecule is CS(=O)(=O)Nc1cccc(N2CC3CN(Cc4cn(-c5ccccc5)nn4)CC3C2)c1. The van der Waals surface area contributed by atoms with E-state index >= 15 is 0 Å². The smallest absolute Gasteiger partial charge is 0.229 e. The first kappa shape index (κ1) is 20.0. The second-order valence-corrected chi connectivity index (χ2v) is 10.3. The summed E-state index contributed by atoms with van der Waals surface area (Å²) in [7, 11) is -3.27. The first-order valence-electron chi connectivity index (χ1n) is 10.4. The molecule has 2 aliphatic rings. The molecule has 0 amide bonds. The van der Waals surface area contributed by atoms with Gasteiger partial charge in [0.25, 0.3) is 0 Å². The standard InChI is InChI=1S/C22H26N6O2S/c1-31(29,30)24-19-6-5-9-22(10-19)27-13-17-11-26(12-18(17)14-27)15-20-16-28(25-23-20)21-7-3-2-4-8-21/h2-10,16-18,24H,11-15H2,1H3. The maximum Gasteiger partial charge on any atom is 0.229 e. The number of rotatable bonds is 6. The lowest BCUT2D eigenvalue weighted by Gasteiger charge is -2.23. The number of benzene rings is 2. The van der Waals surface area contributed by atoms with Crippen molar-refractivity contribution in [2.24, 2.45) is 11.8 Å². The maximum atomic E-state index is 11.5. The summed E-state index contributed by atoms with van der Waals surface area (Å²) in [5.41, 5.74) is 3.68. The largest absolute Gasteiger partial charge is 0.371 e. The van der Waals surface area contributed by atoms with Crippen molar-refractivity contribution >= 4 is 21.4 Å². The minimum atomic E-state index is -3.27. The average Bonchev–Trinajstić information content (AvgIpc) is 3.43. The summed E-state index contributed by atoms with van der Waals surface area (Å²) in [6.07, 6.45) is 3.18. The molecule has 3 heterocycles. The van der Waals surface area contributed by atoms with Crippen LogP contribution in [0.4, 0.5) is 11.4 Å². The van der Waals surface area contributed by atoms with Crippen molar-refractivity contribution in [3.05, 3.63) is 66.5 Å². The van der Waals surface area contributed by atoms with Gasteiger partial charge in [-0.3, -0.25) is 9.62 Å². The molecular formula is C22H26N6O2S. The van der Waals surface area contributed by atoms with E-state index in [-0.39, 0.29) is 0 Å². The van der Waals surface area contributed by atoms with Crippen molar-refractivity contribution < 1.29 is 8.42 Å². The number of aromatic nitrogens is 3. The minimum absolute atomic E-state index is 0.607. The molecule has 2 fully saturated rings. The Morgan fingerprint density at radius 3 is 2.39 bits per heavy atom. The number of likely N-dealkylation sites (tertiary alicyclic amines) is 1. The van der Waals surface area contributed by atoms with E-state index in [4.69, 9.17) is 0 Å². The summed E-state index contributed by atoms with van der Waals surface area (Å²) in [5.74, 6) is 1.21. The number of hydrogen-bond acceptors (Lipinski definition) is 6. The molecule has 2 aromatic carbocycles. The van der Waals surface area contributed by atoms with Gasteiger partial charge in [0.1, 0.15) is 0 Å². The molecule has 1 N–H and O–H groups in total. The molecule has 0 bridgehead atoms. The number of nitrogens with zero attached hydrogens (tertiary/aromatic N) is 5. The number of para-hydroxylation sites is 1. The van der Waals surface area contributed by atoms with Gasteiger partial charge in [-0.1, -0.05) is 29.5 Å². The molecule has 0 spiro atoms. The van der Waals surface area contributed by atoms with Crippen molar-refractivity contribution in [3.8, 4) is 5.69 Å². The van der Waals surface area contributed by atoms with Crippen LogP contribution in [0, 0.1) is 11.8 Å². The van der Waals surface area contributed by atoms with E-state index < -0.39 is 10.0 Å². The molecule has 31 heavy (non-hydrogen) atoms. The molecule has 1 aromatic heterocycles. The van der Waals surface area contributed by atoms with Crippen LogP contribution >= 0.6 is 0 Å². The van der Waals surface area contributed by atoms with Crippen LogP contribution in [-0.4, -0.2) is 60.7 Å². The van der Waals surface area contributed by atoms with E-state index in [2.05, 4.69) is 24.8 Å². The lowest BCUT2D eigenvalue weighted by molar-refractivity contribution is 0.305. The third-order valence-corrected chi connectivity index (χ3v) is 6.63. The lowest BCUT2D eigenvalue weighted by atomic mass is 10.0. The normalized spacial score (nSPS) is 21.4. The highest BCUT2D eigenvalue weighted by Crippen LogP contribution is 2.35. The second kappa shape index (κ2) is 7.97. The summed E-state index contributed by atoms with van der Waals surface area (Å²) in [4.78, 5) is 4.83. The Kier molecular flexibility index (Phi) is 5.15. The molecule has 9 heteroatoms. The lowest BCUT2D eigenvalue weighted by Crippen LogP contribution is -2.28. The summed E-state index contributed by atoms with van der Waals surface area (Å²) >= 11 is 0. The van der Waals surface area contributed by atoms with Crippen LogP contribution in [-0.2, 0) is 16.6 Å². The minimum Gasteiger partial charge on any atom is -0.371 e. The summed E-state index contributed by atoms with van der Waals surface area (Å²) < 4.78 is 27.4. The molecule has 0 saturated carbocycles. The van der Waals surface area contributed by atoms with Crippen LogP contribution in [0.25, 0.3) is 5.69 Å². The highest BCUT2D eigenvalue weighted by molar-refractivity contribution is 7.92. The Bertz CT molecular complexity index is 1150. The number of hydrogen-bond donors (Lipinski definition) is 1. The van der Waals surface area contributed by atoms with Crippen LogP contribution in [0.15, 0.2) is 60.8 Å². The predicted molar refractivity (Wildman–Crippen MR) is 121 cm³/mol. The van der Waals surface area contributed by atoms with E-state index in [1.165, 1.54) is 6.26 Å². The molecule has 2 saturated heterocycles.